The first kappa shape index (κ1) is 44.6. The minimum absolute atomic E-state index is 0.00678. The number of halogens is 4. The van der Waals surface area contributed by atoms with Crippen LogP contribution in [0.25, 0.3) is 0 Å². The molecule has 0 aromatic heterocycles. The van der Waals surface area contributed by atoms with E-state index in [9.17, 15) is 25.6 Å². The molecule has 4 N–H and O–H groups in total. The predicted molar refractivity (Wildman–Crippen MR) is 199 cm³/mol. The number of hydrogen-bond acceptors (Lipinski definition) is 8. The molecule has 0 fully saturated rings. The zero-order valence-corrected chi connectivity index (χ0v) is 35.3. The van der Waals surface area contributed by atoms with Gasteiger partial charge in [0.05, 0.1) is 11.6 Å². The Balaban J connectivity index is 0.000000432. The Morgan fingerprint density at radius 2 is 1.52 bits per heavy atom. The van der Waals surface area contributed by atoms with Crippen LogP contribution in [0.15, 0.2) is 50.3 Å². The molecule has 2 aromatic rings. The van der Waals surface area contributed by atoms with Gasteiger partial charge in [0.25, 0.3) is 14.1 Å². The number of nitrogens with zero attached hydrogens (tertiary/aromatic N) is 4. The molecule has 0 saturated carbocycles. The molecule has 0 unspecified atom stereocenters. The number of likely N-dealkylation sites (N-methyl/N-ethyl adjacent to an activating group) is 2. The van der Waals surface area contributed by atoms with E-state index in [1.807, 2.05) is 0 Å². The van der Waals surface area contributed by atoms with Gasteiger partial charge in [0.15, 0.2) is 4.75 Å². The average molecular weight is 857 g/mol. The molecule has 3 rings (SSSR count). The fourth-order valence-electron chi connectivity index (χ4n) is 4.55. The number of rotatable bonds is 6. The van der Waals surface area contributed by atoms with Crippen LogP contribution in [0.3, 0.4) is 0 Å². The van der Waals surface area contributed by atoms with E-state index in [0.29, 0.717) is 14.5 Å². The third-order valence-corrected chi connectivity index (χ3v) is 13.3. The van der Waals surface area contributed by atoms with Crippen molar-refractivity contribution in [3.63, 3.8) is 0 Å². The minimum atomic E-state index is -3.89. The SMILES string of the molecule is CN(C[C@](C)(N)c1cc(Br)ccc1F)S(=O)(=O)C(C)(C)C#N.CN1C[C@@](C)(c2cc(Br)ccc2F)N=C(N)C(C)(C)S1(=O)=O.[CH3][Al]([CH3])[CH3]. The standard InChI is InChI=1S/2C14H19BrFN3O2S.3CH3.Al/c1-13(2)12(17)18-14(3,8-19(4)22(13,20)21)10-7-9(15)5-6-11(10)16;1-13(2,8-17)22(20,21)19(4)9-14(3,18)11-7-10(15)5-6-12(11)16;;;;/h5-7H,8H2,1-4H3,(H2,17,18);5-7H,9,18H2,1-4H3;3*1H3;/t2*14-;;;;/m00..../s1. The number of nitriles is 1. The van der Waals surface area contributed by atoms with Gasteiger partial charge in [0, 0.05) is 47.3 Å². The van der Waals surface area contributed by atoms with Gasteiger partial charge in [-0.1, -0.05) is 31.9 Å². The van der Waals surface area contributed by atoms with Crippen molar-refractivity contribution < 1.29 is 25.6 Å². The molecule has 1 aliphatic heterocycles. The maximum Gasteiger partial charge on any atom is 0.251 e. The normalized spacial score (nSPS) is 20.5. The fourth-order valence-corrected chi connectivity index (χ4v) is 8.11. The van der Waals surface area contributed by atoms with E-state index in [-0.39, 0.29) is 38.6 Å². The molecule has 48 heavy (non-hydrogen) atoms. The lowest BCUT2D eigenvalue weighted by molar-refractivity contribution is 0.344. The highest BCUT2D eigenvalue weighted by Gasteiger charge is 2.48. The number of amidine groups is 1. The summed E-state index contributed by atoms with van der Waals surface area (Å²) in [4.78, 5) is 4.39. The minimum Gasteiger partial charge on any atom is -0.386 e. The van der Waals surface area contributed by atoms with Gasteiger partial charge in [-0.15, -0.1) is 17.4 Å². The van der Waals surface area contributed by atoms with Crippen LogP contribution in [0, 0.1) is 23.0 Å². The summed E-state index contributed by atoms with van der Waals surface area (Å²) in [7, 11) is -4.79. The molecule has 0 spiro atoms. The first-order chi connectivity index (χ1) is 21.5. The van der Waals surface area contributed by atoms with Crippen molar-refractivity contribution in [2.45, 2.75) is 79.5 Å². The summed E-state index contributed by atoms with van der Waals surface area (Å²) >= 11 is 6.40. The molecule has 1 aliphatic rings. The lowest BCUT2D eigenvalue weighted by Crippen LogP contribution is -2.50. The smallest absolute Gasteiger partial charge is 0.251 e. The van der Waals surface area contributed by atoms with Crippen molar-refractivity contribution in [2.24, 2.45) is 16.5 Å². The van der Waals surface area contributed by atoms with Crippen LogP contribution in [0.5, 0.6) is 0 Å². The molecule has 0 bridgehead atoms. The summed E-state index contributed by atoms with van der Waals surface area (Å²) in [5, 5.41) is 9.02. The zero-order valence-electron chi connectivity index (χ0n) is 29.4. The van der Waals surface area contributed by atoms with Crippen LogP contribution >= 0.6 is 31.9 Å². The van der Waals surface area contributed by atoms with Crippen molar-refractivity contribution >= 4 is 71.9 Å². The first-order valence-electron chi connectivity index (χ1n) is 14.9. The number of nitrogens with two attached hydrogens (primary N) is 2. The summed E-state index contributed by atoms with van der Waals surface area (Å²) in [6.45, 7) is 8.70. The van der Waals surface area contributed by atoms with Gasteiger partial charge in [-0.25, -0.2) is 34.2 Å². The van der Waals surface area contributed by atoms with E-state index < -0.39 is 52.3 Å². The third-order valence-electron chi connectivity index (χ3n) is 7.50. The molecule has 2 atom stereocenters. The molecule has 10 nitrogen and oxygen atoms in total. The van der Waals surface area contributed by atoms with E-state index in [1.54, 1.807) is 32.0 Å². The molecule has 0 amide bonds. The van der Waals surface area contributed by atoms with E-state index in [0.717, 1.165) is 4.31 Å². The Morgan fingerprint density at radius 1 is 1.06 bits per heavy atom. The molecule has 17 heteroatoms. The van der Waals surface area contributed by atoms with Crippen LogP contribution in [0.1, 0.15) is 52.7 Å². The summed E-state index contributed by atoms with van der Waals surface area (Å²) in [6.07, 6.45) is 0. The highest BCUT2D eigenvalue weighted by atomic mass is 79.9. The Bertz CT molecular complexity index is 1770. The quantitative estimate of drug-likeness (QED) is 0.342. The average Bonchev–Trinajstić information content (AvgIpc) is 2.98. The van der Waals surface area contributed by atoms with Gasteiger partial charge in [-0.05, 0) is 77.9 Å². The van der Waals surface area contributed by atoms with Gasteiger partial charge in [-0.3, -0.25) is 4.99 Å². The summed E-state index contributed by atoms with van der Waals surface area (Å²) < 4.78 is 78.8. The lowest BCUT2D eigenvalue weighted by Gasteiger charge is -2.33. The molecule has 0 saturated heterocycles. The van der Waals surface area contributed by atoms with Gasteiger partial charge in [0.2, 0.25) is 20.0 Å². The highest BCUT2D eigenvalue weighted by molar-refractivity contribution is 9.10. The molecular formula is C31H47AlBr2F2N6O4S2. The number of benzene rings is 2. The Labute approximate surface area is 306 Å². The Kier molecular flexibility index (Phi) is 15.1. The molecule has 268 valence electrons. The van der Waals surface area contributed by atoms with Crippen LogP contribution in [-0.2, 0) is 31.1 Å². The number of sulfonamides is 2. The third kappa shape index (κ3) is 10.3. The summed E-state index contributed by atoms with van der Waals surface area (Å²) in [6, 6.07) is 10.6. The largest absolute Gasteiger partial charge is 0.386 e. The zero-order chi connectivity index (χ0) is 37.8. The van der Waals surface area contributed by atoms with Crippen molar-refractivity contribution in [1.29, 1.82) is 5.26 Å². The van der Waals surface area contributed by atoms with Crippen molar-refractivity contribution in [3.8, 4) is 6.07 Å². The van der Waals surface area contributed by atoms with Crippen LogP contribution in [-0.4, -0.2) is 82.1 Å². The van der Waals surface area contributed by atoms with Crippen LogP contribution in [0.2, 0.25) is 17.4 Å². The predicted octanol–water partition coefficient (Wildman–Crippen LogP) is 5.91. The van der Waals surface area contributed by atoms with Crippen molar-refractivity contribution in [3.05, 3.63) is 68.1 Å². The molecule has 0 aliphatic carbocycles. The second kappa shape index (κ2) is 16.3. The molecule has 2 aromatic carbocycles. The topological polar surface area (TPSA) is 163 Å². The van der Waals surface area contributed by atoms with E-state index >= 15 is 0 Å². The lowest BCUT2D eigenvalue weighted by atomic mass is 9.91. The summed E-state index contributed by atoms with van der Waals surface area (Å²) in [5.74, 6) is 5.92. The first-order valence-corrected chi connectivity index (χ1v) is 22.8. The fraction of sp³-hybridized carbons (Fsp3) is 0.548. The van der Waals surface area contributed by atoms with E-state index in [4.69, 9.17) is 16.7 Å². The molecular weight excluding hydrogens is 809 g/mol. The highest BCUT2D eigenvalue weighted by Crippen LogP contribution is 2.36. The second-order valence-corrected chi connectivity index (χ2v) is 24.3. The van der Waals surface area contributed by atoms with Gasteiger partial charge < -0.3 is 11.5 Å². The van der Waals surface area contributed by atoms with Crippen molar-refractivity contribution in [2.75, 3.05) is 27.2 Å². The number of hydrogen-bond donors (Lipinski definition) is 2. The van der Waals surface area contributed by atoms with Gasteiger partial charge in [-0.2, -0.15) is 5.26 Å². The summed E-state index contributed by atoms with van der Waals surface area (Å²) in [5.41, 5.74) is 10.2. The maximum absolute atomic E-state index is 14.3. The monoisotopic (exact) mass is 854 g/mol. The molecule has 0 radical (unpaired) electrons. The molecule has 1 heterocycles. The van der Waals surface area contributed by atoms with Crippen LogP contribution < -0.4 is 11.5 Å². The second-order valence-electron chi connectivity index (χ2n) is 13.8. The van der Waals surface area contributed by atoms with Crippen LogP contribution in [0.4, 0.5) is 8.78 Å². The number of aliphatic imine (C=N–C) groups is 1. The Morgan fingerprint density at radius 3 is 2.00 bits per heavy atom. The van der Waals surface area contributed by atoms with E-state index in [1.165, 1.54) is 70.4 Å². The van der Waals surface area contributed by atoms with Gasteiger partial charge in [0.1, 0.15) is 27.8 Å². The van der Waals surface area contributed by atoms with E-state index in [2.05, 4.69) is 54.2 Å². The Hall–Kier alpha value is -1.47. The van der Waals surface area contributed by atoms with Crippen molar-refractivity contribution in [1.82, 2.24) is 8.61 Å². The maximum atomic E-state index is 14.3. The van der Waals surface area contributed by atoms with Gasteiger partial charge >= 0.3 is 0 Å².